The minimum absolute atomic E-state index is 0.0873. The number of hydrogen-bond acceptors (Lipinski definition) is 5. The zero-order chi connectivity index (χ0) is 31.4. The molecule has 0 saturated heterocycles. The minimum atomic E-state index is -4.63. The highest BCUT2D eigenvalue weighted by Crippen LogP contribution is 2.55. The lowest BCUT2D eigenvalue weighted by Crippen LogP contribution is -2.51. The van der Waals surface area contributed by atoms with Crippen LogP contribution in [0.5, 0.6) is 11.5 Å². The van der Waals surface area contributed by atoms with E-state index in [1.165, 1.54) is 50.6 Å². The van der Waals surface area contributed by atoms with Crippen molar-refractivity contribution >= 4 is 22.8 Å². The minimum Gasteiger partial charge on any atom is -0.496 e. The number of halogens is 4. The van der Waals surface area contributed by atoms with E-state index in [-0.39, 0.29) is 45.2 Å². The first-order valence-electron chi connectivity index (χ1n) is 14.2. The predicted molar refractivity (Wildman–Crippen MR) is 155 cm³/mol. The summed E-state index contributed by atoms with van der Waals surface area (Å²) in [7, 11) is 2.86. The molecule has 2 amide bonds. The number of fused-ring (bicyclic) bond motifs is 2. The van der Waals surface area contributed by atoms with Gasteiger partial charge in [0.15, 0.2) is 6.61 Å². The van der Waals surface area contributed by atoms with Crippen LogP contribution in [0, 0.1) is 17.7 Å². The zero-order valence-corrected chi connectivity index (χ0v) is 24.2. The fraction of sp³-hybridized carbons (Fsp3) is 0.333. The number of benzene rings is 3. The van der Waals surface area contributed by atoms with Crippen LogP contribution >= 0.6 is 0 Å². The monoisotopic (exact) mass is 610 g/mol. The maximum atomic E-state index is 13.6. The lowest BCUT2D eigenvalue weighted by molar-refractivity contribution is -0.153. The van der Waals surface area contributed by atoms with Crippen LogP contribution in [0.3, 0.4) is 0 Å². The number of carbonyl (C=O) groups is 2. The molecule has 0 spiro atoms. The Labute approximate surface area is 250 Å². The van der Waals surface area contributed by atoms with Gasteiger partial charge in [-0.15, -0.1) is 0 Å². The van der Waals surface area contributed by atoms with Gasteiger partial charge in [0.1, 0.15) is 28.7 Å². The molecule has 0 aliphatic heterocycles. The number of amides is 2. The molecule has 3 saturated carbocycles. The molecule has 3 aromatic carbocycles. The van der Waals surface area contributed by atoms with Gasteiger partial charge in [0.2, 0.25) is 0 Å². The number of carbonyl (C=O) groups excluding carboxylic acids is 2. The van der Waals surface area contributed by atoms with Crippen molar-refractivity contribution in [3.63, 3.8) is 0 Å². The normalized spacial score (nSPS) is 20.7. The summed E-state index contributed by atoms with van der Waals surface area (Å²) in [5.41, 5.74) is 1.11. The van der Waals surface area contributed by atoms with Crippen molar-refractivity contribution < 1.29 is 41.0 Å². The molecule has 1 unspecified atom stereocenters. The van der Waals surface area contributed by atoms with E-state index in [0.717, 1.165) is 19.3 Å². The van der Waals surface area contributed by atoms with Crippen LogP contribution < -0.4 is 20.1 Å². The average molecular weight is 611 g/mol. The Bertz CT molecular complexity index is 1760. The highest BCUT2D eigenvalue weighted by Gasteiger charge is 2.55. The Morgan fingerprint density at radius 1 is 0.977 bits per heavy atom. The van der Waals surface area contributed by atoms with Crippen molar-refractivity contribution in [1.82, 2.24) is 10.6 Å². The number of furan rings is 1. The topological polar surface area (TPSA) is 89.8 Å². The molecular weight excluding hydrogens is 580 g/mol. The van der Waals surface area contributed by atoms with Gasteiger partial charge in [0, 0.05) is 35.2 Å². The molecule has 230 valence electrons. The fourth-order valence-electron chi connectivity index (χ4n) is 6.59. The summed E-state index contributed by atoms with van der Waals surface area (Å²) in [5.74, 6) is 0.00274. The van der Waals surface area contributed by atoms with E-state index in [0.29, 0.717) is 34.1 Å². The van der Waals surface area contributed by atoms with E-state index in [1.54, 1.807) is 18.2 Å². The van der Waals surface area contributed by atoms with Crippen molar-refractivity contribution in [2.45, 2.75) is 37.9 Å². The van der Waals surface area contributed by atoms with Crippen LogP contribution in [-0.4, -0.2) is 44.3 Å². The van der Waals surface area contributed by atoms with Crippen molar-refractivity contribution in [3.8, 4) is 33.9 Å². The number of alkyl halides is 3. The van der Waals surface area contributed by atoms with E-state index in [1.807, 2.05) is 0 Å². The lowest BCUT2D eigenvalue weighted by Gasteiger charge is -2.39. The van der Waals surface area contributed by atoms with Gasteiger partial charge in [0.05, 0.1) is 18.2 Å². The van der Waals surface area contributed by atoms with Gasteiger partial charge in [-0.1, -0.05) is 13.0 Å². The maximum absolute atomic E-state index is 13.6. The van der Waals surface area contributed by atoms with Crippen LogP contribution in [0.1, 0.15) is 46.9 Å². The van der Waals surface area contributed by atoms with E-state index in [4.69, 9.17) is 13.9 Å². The summed E-state index contributed by atoms with van der Waals surface area (Å²) in [5, 5.41) is 6.03. The lowest BCUT2D eigenvalue weighted by atomic mass is 9.76. The summed E-state index contributed by atoms with van der Waals surface area (Å²) < 4.78 is 70.2. The highest BCUT2D eigenvalue weighted by molar-refractivity contribution is 6.12. The van der Waals surface area contributed by atoms with Gasteiger partial charge < -0.3 is 24.5 Å². The smallest absolute Gasteiger partial charge is 0.422 e. The van der Waals surface area contributed by atoms with Crippen LogP contribution in [0.15, 0.2) is 59.0 Å². The molecule has 7 rings (SSSR count). The second-order valence-electron chi connectivity index (χ2n) is 11.6. The number of nitrogens with one attached hydrogen (secondary N) is 2. The van der Waals surface area contributed by atoms with Crippen molar-refractivity contribution in [2.75, 3.05) is 20.8 Å². The Kier molecular flexibility index (Phi) is 7.30. The summed E-state index contributed by atoms with van der Waals surface area (Å²) in [6, 6.07) is 12.8. The van der Waals surface area contributed by atoms with Crippen LogP contribution in [-0.2, 0) is 0 Å². The van der Waals surface area contributed by atoms with Crippen LogP contribution in [0.25, 0.3) is 33.4 Å². The number of ether oxygens (including phenoxy) is 2. The largest absolute Gasteiger partial charge is 0.496 e. The van der Waals surface area contributed by atoms with Gasteiger partial charge in [-0.2, -0.15) is 13.2 Å². The van der Waals surface area contributed by atoms with Gasteiger partial charge in [-0.25, -0.2) is 4.39 Å². The Morgan fingerprint density at radius 2 is 1.68 bits per heavy atom. The molecule has 1 heterocycles. The molecular formula is C33H30F4N2O5. The third-order valence-corrected chi connectivity index (χ3v) is 8.70. The summed E-state index contributed by atoms with van der Waals surface area (Å²) in [6.45, 7) is 0.598. The van der Waals surface area contributed by atoms with Crippen molar-refractivity contribution in [2.24, 2.45) is 11.8 Å². The second-order valence-corrected chi connectivity index (χ2v) is 11.6. The molecule has 4 aromatic rings. The molecule has 2 N–H and O–H groups in total. The molecule has 1 aromatic heterocycles. The van der Waals surface area contributed by atoms with E-state index in [9.17, 15) is 27.2 Å². The van der Waals surface area contributed by atoms with E-state index < -0.39 is 24.5 Å². The summed E-state index contributed by atoms with van der Waals surface area (Å²) in [4.78, 5) is 26.6. The van der Waals surface area contributed by atoms with Crippen LogP contribution in [0.2, 0.25) is 0 Å². The molecule has 3 aliphatic rings. The molecule has 0 radical (unpaired) electrons. The molecule has 11 heteroatoms. The highest BCUT2D eigenvalue weighted by atomic mass is 19.4. The summed E-state index contributed by atoms with van der Waals surface area (Å²) in [6.07, 6.45) is -1.93. The molecule has 3 aliphatic carbocycles. The average Bonchev–Trinajstić information content (AvgIpc) is 3.61. The van der Waals surface area contributed by atoms with Gasteiger partial charge in [0.25, 0.3) is 11.8 Å². The van der Waals surface area contributed by atoms with Gasteiger partial charge in [-0.3, -0.25) is 9.59 Å². The zero-order valence-electron chi connectivity index (χ0n) is 24.2. The summed E-state index contributed by atoms with van der Waals surface area (Å²) >= 11 is 0. The Morgan fingerprint density at radius 3 is 2.30 bits per heavy atom. The van der Waals surface area contributed by atoms with Crippen molar-refractivity contribution in [1.29, 1.82) is 0 Å². The molecule has 3 fully saturated rings. The maximum Gasteiger partial charge on any atom is 0.422 e. The van der Waals surface area contributed by atoms with E-state index >= 15 is 0 Å². The Balaban J connectivity index is 1.49. The second kappa shape index (κ2) is 10.9. The number of rotatable bonds is 8. The van der Waals surface area contributed by atoms with E-state index in [2.05, 4.69) is 17.6 Å². The number of hydrogen-bond donors (Lipinski definition) is 2. The first-order valence-corrected chi connectivity index (χ1v) is 14.2. The molecule has 7 nitrogen and oxygen atoms in total. The quantitative estimate of drug-likeness (QED) is 0.207. The predicted octanol–water partition coefficient (Wildman–Crippen LogP) is 7.13. The number of methoxy groups -OCH3 is 1. The molecule has 1 atom stereocenters. The standard InChI is InChI=1S/C33H30F4N2O5/c1-17-13-32(14-20(17)15-32)39-30(40)24-10-19(6-9-25(24)42-3)22-11-23-27(12-26(22)43-16-33(35,36)37)44-29(28(23)31(41)38-2)18-4-7-21(34)8-5-18/h4-12,17,20H,13-16H2,1-3H3,(H,38,41)(H,39,40). The van der Waals surface area contributed by atoms with Gasteiger partial charge in [-0.05, 0) is 79.1 Å². The Hall–Kier alpha value is -4.54. The first-order chi connectivity index (χ1) is 20.9. The molecule has 2 bridgehead atoms. The van der Waals surface area contributed by atoms with Gasteiger partial charge >= 0.3 is 6.18 Å². The molecule has 44 heavy (non-hydrogen) atoms. The SMILES string of the molecule is CNC(=O)c1c(-c2ccc(F)cc2)oc2cc(OCC(F)(F)F)c(-c3ccc(OC)c(C(=O)NC45CC(C)C(C4)C5)c3)cc12. The third-order valence-electron chi connectivity index (χ3n) is 8.70. The first kappa shape index (κ1) is 29.5. The van der Waals surface area contributed by atoms with Crippen LogP contribution in [0.4, 0.5) is 17.6 Å². The third kappa shape index (κ3) is 5.35. The fourth-order valence-corrected chi connectivity index (χ4v) is 6.59. The van der Waals surface area contributed by atoms with Crippen molar-refractivity contribution in [3.05, 3.63) is 71.5 Å².